The number of fused-ring (bicyclic) bond motifs is 1. The summed E-state index contributed by atoms with van der Waals surface area (Å²) in [6, 6.07) is 13.1. The quantitative estimate of drug-likeness (QED) is 0.918. The first-order valence-corrected chi connectivity index (χ1v) is 6.84. The van der Waals surface area contributed by atoms with Gasteiger partial charge in [-0.2, -0.15) is 0 Å². The first-order chi connectivity index (χ1) is 9.22. The molecular formula is C15H12BrNO2. The number of benzene rings is 2. The number of halogens is 1. The molecule has 0 bridgehead atoms. The number of nitrogens with one attached hydrogen (secondary N) is 1. The lowest BCUT2D eigenvalue weighted by atomic mass is 10.1. The summed E-state index contributed by atoms with van der Waals surface area (Å²) in [5.41, 5.74) is 2.54. The minimum Gasteiger partial charge on any atom is -0.493 e. The monoisotopic (exact) mass is 317 g/mol. The van der Waals surface area contributed by atoms with Gasteiger partial charge in [0.1, 0.15) is 5.75 Å². The van der Waals surface area contributed by atoms with E-state index in [4.69, 9.17) is 4.74 Å². The molecule has 2 aromatic carbocycles. The molecule has 3 rings (SSSR count). The Kier molecular flexibility index (Phi) is 3.25. The van der Waals surface area contributed by atoms with E-state index in [9.17, 15) is 4.79 Å². The van der Waals surface area contributed by atoms with Crippen LogP contribution in [0.5, 0.6) is 5.75 Å². The minimum atomic E-state index is -0.1000. The van der Waals surface area contributed by atoms with Crippen LogP contribution in [0.25, 0.3) is 0 Å². The summed E-state index contributed by atoms with van der Waals surface area (Å²) in [5.74, 6) is 0.789. The van der Waals surface area contributed by atoms with Gasteiger partial charge in [0.05, 0.1) is 6.61 Å². The maximum atomic E-state index is 12.1. The number of ether oxygens (including phenoxy) is 1. The fourth-order valence-electron chi connectivity index (χ4n) is 2.06. The number of anilines is 1. The van der Waals surface area contributed by atoms with Crippen LogP contribution in [0.1, 0.15) is 15.9 Å². The van der Waals surface area contributed by atoms with Gasteiger partial charge in [0.25, 0.3) is 5.91 Å². The molecule has 19 heavy (non-hydrogen) atoms. The zero-order valence-electron chi connectivity index (χ0n) is 10.2. The molecule has 0 radical (unpaired) electrons. The third-order valence-electron chi connectivity index (χ3n) is 3.05. The highest BCUT2D eigenvalue weighted by Gasteiger charge is 2.15. The maximum Gasteiger partial charge on any atom is 0.255 e. The fraction of sp³-hybridized carbons (Fsp3) is 0.133. The second-order valence-corrected chi connectivity index (χ2v) is 5.30. The first-order valence-electron chi connectivity index (χ1n) is 6.05. The van der Waals surface area contributed by atoms with E-state index in [2.05, 4.69) is 21.2 Å². The molecule has 1 amide bonds. The molecule has 0 saturated carbocycles. The fourth-order valence-corrected chi connectivity index (χ4v) is 2.33. The number of carbonyl (C=O) groups is 1. The lowest BCUT2D eigenvalue weighted by Crippen LogP contribution is -2.11. The third kappa shape index (κ3) is 2.63. The Morgan fingerprint density at radius 2 is 1.95 bits per heavy atom. The number of hydrogen-bond donors (Lipinski definition) is 1. The van der Waals surface area contributed by atoms with Crippen LogP contribution in [0.15, 0.2) is 46.9 Å². The summed E-state index contributed by atoms with van der Waals surface area (Å²) in [4.78, 5) is 12.1. The van der Waals surface area contributed by atoms with Gasteiger partial charge in [0.15, 0.2) is 0 Å². The number of amides is 1. The van der Waals surface area contributed by atoms with Gasteiger partial charge in [0, 0.05) is 22.1 Å². The van der Waals surface area contributed by atoms with Crippen LogP contribution >= 0.6 is 15.9 Å². The number of rotatable bonds is 2. The van der Waals surface area contributed by atoms with Crippen molar-refractivity contribution in [1.29, 1.82) is 0 Å². The molecule has 0 spiro atoms. The predicted octanol–water partition coefficient (Wildman–Crippen LogP) is 3.64. The average molecular weight is 318 g/mol. The first kappa shape index (κ1) is 12.2. The minimum absolute atomic E-state index is 0.1000. The molecular weight excluding hydrogens is 306 g/mol. The topological polar surface area (TPSA) is 38.3 Å². The van der Waals surface area contributed by atoms with Crippen molar-refractivity contribution in [3.05, 3.63) is 58.1 Å². The largest absolute Gasteiger partial charge is 0.493 e. The van der Waals surface area contributed by atoms with Gasteiger partial charge in [-0.15, -0.1) is 0 Å². The van der Waals surface area contributed by atoms with Crippen LogP contribution in [0, 0.1) is 0 Å². The average Bonchev–Trinajstić information content (AvgIpc) is 2.88. The Bertz CT molecular complexity index is 623. The maximum absolute atomic E-state index is 12.1. The van der Waals surface area contributed by atoms with Gasteiger partial charge in [0.2, 0.25) is 0 Å². The molecule has 1 aliphatic heterocycles. The molecule has 0 aromatic heterocycles. The summed E-state index contributed by atoms with van der Waals surface area (Å²) < 4.78 is 6.41. The lowest BCUT2D eigenvalue weighted by Gasteiger charge is -2.06. The molecule has 3 nitrogen and oxygen atoms in total. The van der Waals surface area contributed by atoms with Crippen molar-refractivity contribution >= 4 is 27.5 Å². The van der Waals surface area contributed by atoms with Crippen LogP contribution in [0.4, 0.5) is 5.69 Å². The van der Waals surface area contributed by atoms with Gasteiger partial charge in [-0.25, -0.2) is 0 Å². The second-order valence-electron chi connectivity index (χ2n) is 4.38. The lowest BCUT2D eigenvalue weighted by molar-refractivity contribution is 0.102. The highest BCUT2D eigenvalue weighted by Crippen LogP contribution is 2.26. The summed E-state index contributed by atoms with van der Waals surface area (Å²) >= 11 is 3.36. The predicted molar refractivity (Wildman–Crippen MR) is 77.7 cm³/mol. The second kappa shape index (κ2) is 5.05. The molecule has 96 valence electrons. The van der Waals surface area contributed by atoms with Crippen molar-refractivity contribution in [3.63, 3.8) is 0 Å². The van der Waals surface area contributed by atoms with Crippen LogP contribution in [0.3, 0.4) is 0 Å². The van der Waals surface area contributed by atoms with Gasteiger partial charge in [-0.05, 0) is 48.0 Å². The molecule has 1 heterocycles. The zero-order chi connectivity index (χ0) is 13.2. The van der Waals surface area contributed by atoms with E-state index >= 15 is 0 Å². The molecule has 1 N–H and O–H groups in total. The molecule has 0 unspecified atom stereocenters. The summed E-state index contributed by atoms with van der Waals surface area (Å²) in [6.07, 6.45) is 0.870. The molecule has 2 aromatic rings. The van der Waals surface area contributed by atoms with Crippen molar-refractivity contribution in [2.75, 3.05) is 11.9 Å². The van der Waals surface area contributed by atoms with Crippen LogP contribution in [-0.4, -0.2) is 12.5 Å². The normalized spacial score (nSPS) is 12.7. The Morgan fingerprint density at radius 3 is 2.74 bits per heavy atom. The van der Waals surface area contributed by atoms with Gasteiger partial charge in [-0.3, -0.25) is 4.79 Å². The Labute approximate surface area is 119 Å². The third-order valence-corrected chi connectivity index (χ3v) is 3.58. The van der Waals surface area contributed by atoms with Crippen molar-refractivity contribution in [2.24, 2.45) is 0 Å². The van der Waals surface area contributed by atoms with E-state index in [1.54, 1.807) is 6.07 Å². The van der Waals surface area contributed by atoms with E-state index in [0.717, 1.165) is 27.9 Å². The SMILES string of the molecule is O=C(Nc1ccc(Br)cc1)c1ccc2c(c1)CCO2. The van der Waals surface area contributed by atoms with Gasteiger partial charge in [-0.1, -0.05) is 15.9 Å². The van der Waals surface area contributed by atoms with E-state index in [-0.39, 0.29) is 5.91 Å². The summed E-state index contributed by atoms with van der Waals surface area (Å²) in [5, 5.41) is 2.88. The van der Waals surface area contributed by atoms with Gasteiger partial charge < -0.3 is 10.1 Å². The molecule has 0 aliphatic carbocycles. The zero-order valence-corrected chi connectivity index (χ0v) is 11.7. The molecule has 1 aliphatic rings. The highest BCUT2D eigenvalue weighted by atomic mass is 79.9. The standard InChI is InChI=1S/C15H12BrNO2/c16-12-2-4-13(5-3-12)17-15(18)11-1-6-14-10(9-11)7-8-19-14/h1-6,9H,7-8H2,(H,17,18). The Balaban J connectivity index is 1.78. The van der Waals surface area contributed by atoms with E-state index in [1.807, 2.05) is 36.4 Å². The van der Waals surface area contributed by atoms with E-state index in [1.165, 1.54) is 0 Å². The molecule has 0 atom stereocenters. The Morgan fingerprint density at radius 1 is 1.16 bits per heavy atom. The van der Waals surface area contributed by atoms with Crippen LogP contribution in [0.2, 0.25) is 0 Å². The molecule has 0 fully saturated rings. The van der Waals surface area contributed by atoms with Crippen molar-refractivity contribution in [3.8, 4) is 5.75 Å². The molecule has 4 heteroatoms. The van der Waals surface area contributed by atoms with Gasteiger partial charge >= 0.3 is 0 Å². The van der Waals surface area contributed by atoms with Crippen molar-refractivity contribution < 1.29 is 9.53 Å². The number of hydrogen-bond acceptors (Lipinski definition) is 2. The highest BCUT2D eigenvalue weighted by molar-refractivity contribution is 9.10. The van der Waals surface area contributed by atoms with Crippen molar-refractivity contribution in [2.45, 2.75) is 6.42 Å². The van der Waals surface area contributed by atoms with Crippen molar-refractivity contribution in [1.82, 2.24) is 0 Å². The van der Waals surface area contributed by atoms with E-state index in [0.29, 0.717) is 12.2 Å². The van der Waals surface area contributed by atoms with E-state index < -0.39 is 0 Å². The number of carbonyl (C=O) groups excluding carboxylic acids is 1. The van der Waals surface area contributed by atoms with Crippen LogP contribution < -0.4 is 10.1 Å². The summed E-state index contributed by atoms with van der Waals surface area (Å²) in [7, 11) is 0. The molecule has 0 saturated heterocycles. The van der Waals surface area contributed by atoms with Crippen LogP contribution in [-0.2, 0) is 6.42 Å². The summed E-state index contributed by atoms with van der Waals surface area (Å²) in [6.45, 7) is 0.702. The smallest absolute Gasteiger partial charge is 0.255 e. The Hall–Kier alpha value is -1.81.